The minimum absolute atomic E-state index is 0.297. The normalized spacial score (nSPS) is 10.6. The summed E-state index contributed by atoms with van der Waals surface area (Å²) in [6, 6.07) is 9.90. The van der Waals surface area contributed by atoms with Gasteiger partial charge in [-0.2, -0.15) is 0 Å². The minimum atomic E-state index is -0.924. The third kappa shape index (κ3) is 4.05. The van der Waals surface area contributed by atoms with Crippen LogP contribution >= 0.6 is 23.1 Å². The van der Waals surface area contributed by atoms with E-state index in [1.165, 1.54) is 23.1 Å². The molecule has 0 aliphatic rings. The molecule has 0 amide bonds. The lowest BCUT2D eigenvalue weighted by atomic mass is 10.2. The highest BCUT2D eigenvalue weighted by Gasteiger charge is 2.13. The van der Waals surface area contributed by atoms with Crippen molar-refractivity contribution in [3.63, 3.8) is 0 Å². The van der Waals surface area contributed by atoms with Gasteiger partial charge in [0.05, 0.1) is 18.2 Å². The quantitative estimate of drug-likeness (QED) is 0.503. The first-order valence-electron chi connectivity index (χ1n) is 5.62. The number of aromatic nitrogens is 1. The van der Waals surface area contributed by atoms with Gasteiger partial charge in [0.15, 0.2) is 4.34 Å². The predicted molar refractivity (Wildman–Crippen MR) is 75.8 cm³/mol. The topological polar surface area (TPSA) is 59.4 Å². The van der Waals surface area contributed by atoms with Gasteiger partial charge >= 0.3 is 5.97 Å². The van der Waals surface area contributed by atoms with Gasteiger partial charge in [-0.3, -0.25) is 0 Å². The van der Waals surface area contributed by atoms with Gasteiger partial charge < -0.3 is 9.84 Å². The smallest absolute Gasteiger partial charge is 0.347 e. The van der Waals surface area contributed by atoms with Gasteiger partial charge in [-0.25, -0.2) is 9.78 Å². The minimum Gasteiger partial charge on any atom is -0.477 e. The number of carbonyl (C=O) groups is 1. The average Bonchev–Trinajstić information content (AvgIpc) is 2.77. The average molecular weight is 295 g/mol. The van der Waals surface area contributed by atoms with Gasteiger partial charge in [-0.15, -0.1) is 11.3 Å². The highest BCUT2D eigenvalue weighted by atomic mass is 32.2. The summed E-state index contributed by atoms with van der Waals surface area (Å²) in [5.74, 6) is -0.465. The van der Waals surface area contributed by atoms with E-state index < -0.39 is 5.97 Å². The molecular weight excluding hydrogens is 282 g/mol. The van der Waals surface area contributed by atoms with E-state index in [0.717, 1.165) is 9.90 Å². The van der Waals surface area contributed by atoms with Gasteiger partial charge in [-0.05, 0) is 12.5 Å². The maximum atomic E-state index is 10.9. The number of ether oxygens (including phenoxy) is 1. The SMILES string of the molecule is Cc1nc(SCOCc2ccccc2)sc1C(=O)O. The van der Waals surface area contributed by atoms with E-state index in [9.17, 15) is 4.79 Å². The van der Waals surface area contributed by atoms with Crippen molar-refractivity contribution in [2.45, 2.75) is 17.9 Å². The first-order chi connectivity index (χ1) is 9.16. The third-order valence-electron chi connectivity index (χ3n) is 2.35. The molecule has 0 atom stereocenters. The number of nitrogens with zero attached hydrogens (tertiary/aromatic N) is 1. The van der Waals surface area contributed by atoms with Crippen LogP contribution in [0.15, 0.2) is 34.7 Å². The molecule has 19 heavy (non-hydrogen) atoms. The zero-order chi connectivity index (χ0) is 13.7. The van der Waals surface area contributed by atoms with Crippen LogP contribution in [0.5, 0.6) is 0 Å². The summed E-state index contributed by atoms with van der Waals surface area (Å²) < 4.78 is 6.24. The molecule has 4 nitrogen and oxygen atoms in total. The Kier molecular flexibility index (Phi) is 4.95. The van der Waals surface area contributed by atoms with E-state index in [0.29, 0.717) is 23.1 Å². The van der Waals surface area contributed by atoms with Crippen molar-refractivity contribution in [3.05, 3.63) is 46.5 Å². The maximum absolute atomic E-state index is 10.9. The predicted octanol–water partition coefficient (Wildman–Crippen LogP) is 3.42. The van der Waals surface area contributed by atoms with Crippen molar-refractivity contribution in [1.82, 2.24) is 4.98 Å². The molecule has 0 saturated heterocycles. The third-order valence-corrected chi connectivity index (χ3v) is 4.51. The monoisotopic (exact) mass is 295 g/mol. The number of aryl methyl sites for hydroxylation is 1. The fraction of sp³-hybridized carbons (Fsp3) is 0.231. The lowest BCUT2D eigenvalue weighted by Crippen LogP contribution is -1.94. The van der Waals surface area contributed by atoms with Gasteiger partial charge in [0.2, 0.25) is 0 Å². The molecular formula is C13H13NO3S2. The van der Waals surface area contributed by atoms with Crippen molar-refractivity contribution in [2.75, 3.05) is 5.94 Å². The van der Waals surface area contributed by atoms with E-state index >= 15 is 0 Å². The molecule has 1 aromatic carbocycles. The number of thioether (sulfide) groups is 1. The van der Waals surface area contributed by atoms with Crippen molar-refractivity contribution in [1.29, 1.82) is 0 Å². The number of aromatic carboxylic acids is 1. The standard InChI is InChI=1S/C13H13NO3S2/c1-9-11(12(15)16)19-13(14-9)18-8-17-7-10-5-3-2-4-6-10/h2-6H,7-8H2,1H3,(H,15,16). The molecule has 0 aliphatic carbocycles. The summed E-state index contributed by atoms with van der Waals surface area (Å²) in [5.41, 5.74) is 1.67. The van der Waals surface area contributed by atoms with Crippen molar-refractivity contribution >= 4 is 29.1 Å². The number of carboxylic acids is 1. The van der Waals surface area contributed by atoms with E-state index in [4.69, 9.17) is 9.84 Å². The van der Waals surface area contributed by atoms with Crippen molar-refractivity contribution in [2.24, 2.45) is 0 Å². The fourth-order valence-corrected chi connectivity index (χ4v) is 3.19. The van der Waals surface area contributed by atoms with Crippen LogP contribution in [0.4, 0.5) is 0 Å². The Balaban J connectivity index is 1.80. The second-order valence-corrected chi connectivity index (χ2v) is 5.96. The second kappa shape index (κ2) is 6.70. The molecule has 0 unspecified atom stereocenters. The first kappa shape index (κ1) is 14.0. The Morgan fingerprint density at radius 2 is 2.16 bits per heavy atom. The largest absolute Gasteiger partial charge is 0.477 e. The number of thiazole rings is 1. The Hall–Kier alpha value is -1.37. The zero-order valence-corrected chi connectivity index (χ0v) is 12.0. The molecule has 6 heteroatoms. The maximum Gasteiger partial charge on any atom is 0.347 e. The summed E-state index contributed by atoms with van der Waals surface area (Å²) in [5, 5.41) is 8.93. The summed E-state index contributed by atoms with van der Waals surface area (Å²) >= 11 is 2.60. The Bertz CT molecular complexity index is 554. The molecule has 0 aliphatic heterocycles. The molecule has 100 valence electrons. The van der Waals surface area contributed by atoms with Crippen LogP contribution in [-0.2, 0) is 11.3 Å². The number of hydrogen-bond donors (Lipinski definition) is 1. The number of benzene rings is 1. The van der Waals surface area contributed by atoms with Crippen LogP contribution in [0.2, 0.25) is 0 Å². The Morgan fingerprint density at radius 3 is 2.79 bits per heavy atom. The van der Waals surface area contributed by atoms with Crippen LogP contribution in [0.1, 0.15) is 20.9 Å². The summed E-state index contributed by atoms with van der Waals surface area (Å²) in [7, 11) is 0. The zero-order valence-electron chi connectivity index (χ0n) is 10.3. The summed E-state index contributed by atoms with van der Waals surface area (Å²) in [6.45, 7) is 2.25. The molecule has 2 aromatic rings. The van der Waals surface area contributed by atoms with Crippen LogP contribution in [0.25, 0.3) is 0 Å². The van der Waals surface area contributed by atoms with Crippen LogP contribution < -0.4 is 0 Å². The van der Waals surface area contributed by atoms with E-state index in [1.54, 1.807) is 6.92 Å². The highest BCUT2D eigenvalue weighted by molar-refractivity contribution is 8.00. The summed E-state index contributed by atoms with van der Waals surface area (Å²) in [6.07, 6.45) is 0. The molecule has 0 bridgehead atoms. The van der Waals surface area contributed by atoms with Crippen LogP contribution in [0, 0.1) is 6.92 Å². The van der Waals surface area contributed by atoms with Gasteiger partial charge in [0.1, 0.15) is 4.88 Å². The Labute approximate surface area is 119 Å². The fourth-order valence-electron chi connectivity index (χ4n) is 1.46. The molecule has 2 rings (SSSR count). The molecule has 1 N–H and O–H groups in total. The Morgan fingerprint density at radius 1 is 1.42 bits per heavy atom. The van der Waals surface area contributed by atoms with Crippen LogP contribution in [0.3, 0.4) is 0 Å². The molecule has 0 fully saturated rings. The summed E-state index contributed by atoms with van der Waals surface area (Å²) in [4.78, 5) is 15.4. The van der Waals surface area contributed by atoms with Crippen molar-refractivity contribution in [3.8, 4) is 0 Å². The van der Waals surface area contributed by atoms with Gasteiger partial charge in [0, 0.05) is 0 Å². The molecule has 1 aromatic heterocycles. The first-order valence-corrected chi connectivity index (χ1v) is 7.42. The van der Waals surface area contributed by atoms with E-state index in [1.807, 2.05) is 30.3 Å². The second-order valence-electron chi connectivity index (χ2n) is 3.80. The molecule has 0 radical (unpaired) electrons. The van der Waals surface area contributed by atoms with E-state index in [2.05, 4.69) is 4.98 Å². The van der Waals surface area contributed by atoms with Gasteiger partial charge in [0.25, 0.3) is 0 Å². The molecule has 0 saturated carbocycles. The molecule has 0 spiro atoms. The van der Waals surface area contributed by atoms with Crippen molar-refractivity contribution < 1.29 is 14.6 Å². The lowest BCUT2D eigenvalue weighted by molar-refractivity contribution is 0.0701. The van der Waals surface area contributed by atoms with Gasteiger partial charge in [-0.1, -0.05) is 42.1 Å². The number of carboxylic acid groups (broad SMARTS) is 1. The van der Waals surface area contributed by atoms with Crippen LogP contribution in [-0.4, -0.2) is 22.0 Å². The highest BCUT2D eigenvalue weighted by Crippen LogP contribution is 2.27. The van der Waals surface area contributed by atoms with E-state index in [-0.39, 0.29) is 0 Å². The number of rotatable bonds is 6. The number of hydrogen-bond acceptors (Lipinski definition) is 5. The molecule has 1 heterocycles. The lowest BCUT2D eigenvalue weighted by Gasteiger charge is -2.02.